The van der Waals surface area contributed by atoms with Crippen LogP contribution in [0.15, 0.2) is 33.5 Å². The monoisotopic (exact) mass is 340 g/mol. The Morgan fingerprint density at radius 1 is 1.08 bits per heavy atom. The third kappa shape index (κ3) is 2.95. The smallest absolute Gasteiger partial charge is 0.336 e. The highest BCUT2D eigenvalue weighted by Gasteiger charge is 2.44. The van der Waals surface area contributed by atoms with Gasteiger partial charge in [0.25, 0.3) is 0 Å². The van der Waals surface area contributed by atoms with Crippen LogP contribution in [0.3, 0.4) is 0 Å². The van der Waals surface area contributed by atoms with E-state index < -0.39 is 42.9 Å². The van der Waals surface area contributed by atoms with Crippen molar-refractivity contribution in [2.45, 2.75) is 30.7 Å². The Hall–Kier alpha value is -2.17. The normalized spacial score (nSPS) is 30.4. The molecule has 3 rings (SSSR count). The lowest BCUT2D eigenvalue weighted by molar-refractivity contribution is -0.277. The van der Waals surface area contributed by atoms with E-state index >= 15 is 0 Å². The molecule has 1 fully saturated rings. The van der Waals surface area contributed by atoms with Gasteiger partial charge in [-0.15, -0.1) is 0 Å². The van der Waals surface area contributed by atoms with Crippen LogP contribution in [0.25, 0.3) is 11.0 Å². The van der Waals surface area contributed by atoms with E-state index in [2.05, 4.69) is 0 Å². The highest BCUT2D eigenvalue weighted by molar-refractivity contribution is 5.80. The minimum Gasteiger partial charge on any atom is -0.504 e. The first-order valence-corrected chi connectivity index (χ1v) is 7.15. The number of hydrogen-bond donors (Lipinski definition) is 5. The molecule has 2 aromatic rings. The second-order valence-electron chi connectivity index (χ2n) is 5.43. The van der Waals surface area contributed by atoms with Crippen molar-refractivity contribution in [2.24, 2.45) is 0 Å². The number of ether oxygens (including phenoxy) is 2. The molecule has 1 aromatic heterocycles. The number of rotatable bonds is 3. The van der Waals surface area contributed by atoms with Crippen molar-refractivity contribution in [3.05, 3.63) is 34.7 Å². The molecule has 0 unspecified atom stereocenters. The van der Waals surface area contributed by atoms with Crippen molar-refractivity contribution >= 4 is 11.0 Å². The van der Waals surface area contributed by atoms with Crippen LogP contribution in [0.4, 0.5) is 0 Å². The summed E-state index contributed by atoms with van der Waals surface area (Å²) >= 11 is 0. The van der Waals surface area contributed by atoms with Crippen molar-refractivity contribution in [3.63, 3.8) is 0 Å². The van der Waals surface area contributed by atoms with Crippen LogP contribution in [0, 0.1) is 0 Å². The summed E-state index contributed by atoms with van der Waals surface area (Å²) in [6, 6.07) is 5.17. The van der Waals surface area contributed by atoms with Crippen molar-refractivity contribution in [2.75, 3.05) is 6.61 Å². The van der Waals surface area contributed by atoms with Crippen molar-refractivity contribution in [1.82, 2.24) is 0 Å². The molecular formula is C15H16O9. The molecule has 1 aliphatic heterocycles. The van der Waals surface area contributed by atoms with Gasteiger partial charge in [0, 0.05) is 17.5 Å². The van der Waals surface area contributed by atoms with E-state index in [0.717, 1.165) is 6.07 Å². The molecular weight excluding hydrogens is 324 g/mol. The summed E-state index contributed by atoms with van der Waals surface area (Å²) in [5.41, 5.74) is -0.439. The summed E-state index contributed by atoms with van der Waals surface area (Å²) in [5.74, 6) is -0.477. The minimum absolute atomic E-state index is 0.0966. The quantitative estimate of drug-likeness (QED) is 0.429. The molecule has 130 valence electrons. The van der Waals surface area contributed by atoms with Gasteiger partial charge in [-0.25, -0.2) is 4.79 Å². The Bertz CT molecular complexity index is 784. The third-order valence-corrected chi connectivity index (χ3v) is 3.79. The van der Waals surface area contributed by atoms with Gasteiger partial charge in [0.2, 0.25) is 6.29 Å². The lowest BCUT2D eigenvalue weighted by atomic mass is 9.99. The van der Waals surface area contributed by atoms with Crippen LogP contribution < -0.4 is 10.4 Å². The number of aliphatic hydroxyl groups excluding tert-OH is 4. The maximum absolute atomic E-state index is 11.2. The number of benzene rings is 1. The van der Waals surface area contributed by atoms with Crippen LogP contribution in [-0.4, -0.2) is 62.8 Å². The first-order chi connectivity index (χ1) is 11.4. The molecule has 1 saturated heterocycles. The molecule has 1 aliphatic rings. The average molecular weight is 340 g/mol. The van der Waals surface area contributed by atoms with Crippen LogP contribution >= 0.6 is 0 Å². The summed E-state index contributed by atoms with van der Waals surface area (Å²) < 4.78 is 15.5. The summed E-state index contributed by atoms with van der Waals surface area (Å²) in [5, 5.41) is 49.0. The molecule has 2 heterocycles. The predicted octanol–water partition coefficient (Wildman–Crippen LogP) is -1.32. The molecule has 0 spiro atoms. The van der Waals surface area contributed by atoms with Gasteiger partial charge in [0.1, 0.15) is 30.0 Å². The molecule has 9 nitrogen and oxygen atoms in total. The SMILES string of the molecule is O=c1ccc2cc(O[C@H]3O[C@H](CO)[C@@H](O)[C@@H](O)[C@H]3O)c(O)cc2o1. The second-order valence-corrected chi connectivity index (χ2v) is 5.43. The van der Waals surface area contributed by atoms with E-state index in [1.807, 2.05) is 0 Å². The summed E-state index contributed by atoms with van der Waals surface area (Å²) in [6.45, 7) is -0.598. The Labute approximate surface area is 134 Å². The van der Waals surface area contributed by atoms with E-state index in [1.165, 1.54) is 18.2 Å². The fourth-order valence-electron chi connectivity index (χ4n) is 2.47. The van der Waals surface area contributed by atoms with Crippen molar-refractivity contribution < 1.29 is 39.4 Å². The van der Waals surface area contributed by atoms with E-state index in [-0.39, 0.29) is 17.1 Å². The largest absolute Gasteiger partial charge is 0.504 e. The minimum atomic E-state index is -1.60. The zero-order valence-corrected chi connectivity index (χ0v) is 12.3. The van der Waals surface area contributed by atoms with Gasteiger partial charge < -0.3 is 39.4 Å². The average Bonchev–Trinajstić information content (AvgIpc) is 2.56. The number of aromatic hydroxyl groups is 1. The highest BCUT2D eigenvalue weighted by Crippen LogP contribution is 2.33. The second kappa shape index (κ2) is 6.38. The van der Waals surface area contributed by atoms with Gasteiger partial charge >= 0.3 is 5.63 Å². The summed E-state index contributed by atoms with van der Waals surface area (Å²) in [6.07, 6.45) is -7.27. The maximum Gasteiger partial charge on any atom is 0.336 e. The van der Waals surface area contributed by atoms with Gasteiger partial charge in [-0.05, 0) is 12.1 Å². The fourth-order valence-corrected chi connectivity index (χ4v) is 2.47. The molecule has 5 atom stereocenters. The van der Waals surface area contributed by atoms with Crippen LogP contribution in [0.2, 0.25) is 0 Å². The van der Waals surface area contributed by atoms with E-state index in [0.29, 0.717) is 5.39 Å². The maximum atomic E-state index is 11.2. The van der Waals surface area contributed by atoms with Crippen LogP contribution in [0.1, 0.15) is 0 Å². The first kappa shape index (κ1) is 16.7. The molecule has 0 bridgehead atoms. The number of phenols is 1. The molecule has 0 radical (unpaired) electrons. The molecule has 24 heavy (non-hydrogen) atoms. The first-order valence-electron chi connectivity index (χ1n) is 7.15. The number of aliphatic hydroxyl groups is 4. The van der Waals surface area contributed by atoms with E-state index in [1.54, 1.807) is 0 Å². The van der Waals surface area contributed by atoms with Gasteiger partial charge in [0.05, 0.1) is 6.61 Å². The van der Waals surface area contributed by atoms with Gasteiger partial charge in [0.15, 0.2) is 11.5 Å². The topological polar surface area (TPSA) is 150 Å². The Morgan fingerprint density at radius 2 is 1.83 bits per heavy atom. The third-order valence-electron chi connectivity index (χ3n) is 3.79. The zero-order valence-electron chi connectivity index (χ0n) is 12.3. The number of hydrogen-bond acceptors (Lipinski definition) is 9. The van der Waals surface area contributed by atoms with Crippen LogP contribution in [0.5, 0.6) is 11.5 Å². The summed E-state index contributed by atoms with van der Waals surface area (Å²) in [7, 11) is 0. The Balaban J connectivity index is 1.89. The molecule has 0 saturated carbocycles. The Kier molecular flexibility index (Phi) is 4.43. The fraction of sp³-hybridized carbons (Fsp3) is 0.400. The molecule has 0 amide bonds. The van der Waals surface area contributed by atoms with Gasteiger partial charge in [-0.3, -0.25) is 0 Å². The molecule has 5 N–H and O–H groups in total. The number of fused-ring (bicyclic) bond motifs is 1. The Morgan fingerprint density at radius 3 is 2.54 bits per heavy atom. The standard InChI is InChI=1S/C15H16O9/c16-5-10-12(19)13(20)14(21)15(24-10)23-9-3-6-1-2-11(18)22-8(6)4-7(9)17/h1-4,10,12-17,19-21H,5H2/t10-,12-,13-,14-,15+/m1/s1. The number of phenolic OH excluding ortho intramolecular Hbond substituents is 1. The summed E-state index contributed by atoms with van der Waals surface area (Å²) in [4.78, 5) is 11.2. The van der Waals surface area contributed by atoms with Crippen molar-refractivity contribution in [3.8, 4) is 11.5 Å². The molecule has 0 aliphatic carbocycles. The predicted molar refractivity (Wildman–Crippen MR) is 78.5 cm³/mol. The van der Waals surface area contributed by atoms with Gasteiger partial charge in [-0.1, -0.05) is 0 Å². The lowest BCUT2D eigenvalue weighted by Crippen LogP contribution is -2.60. The van der Waals surface area contributed by atoms with E-state index in [4.69, 9.17) is 19.0 Å². The van der Waals surface area contributed by atoms with Crippen LogP contribution in [-0.2, 0) is 4.74 Å². The molecule has 9 heteroatoms. The van der Waals surface area contributed by atoms with E-state index in [9.17, 15) is 25.2 Å². The van der Waals surface area contributed by atoms with Crippen molar-refractivity contribution in [1.29, 1.82) is 0 Å². The van der Waals surface area contributed by atoms with Gasteiger partial charge in [-0.2, -0.15) is 0 Å². The molecule has 1 aromatic carbocycles. The lowest BCUT2D eigenvalue weighted by Gasteiger charge is -2.39. The highest BCUT2D eigenvalue weighted by atomic mass is 16.7. The zero-order chi connectivity index (χ0) is 17.4.